The van der Waals surface area contributed by atoms with Gasteiger partial charge in [0.1, 0.15) is 0 Å². The van der Waals surface area contributed by atoms with Crippen LogP contribution in [0.5, 0.6) is 0 Å². The summed E-state index contributed by atoms with van der Waals surface area (Å²) in [4.78, 5) is 13.6. The molecule has 2 rings (SSSR count). The molecule has 0 radical (unpaired) electrons. The van der Waals surface area contributed by atoms with Gasteiger partial charge in [-0.15, -0.1) is 0 Å². The first-order valence-corrected chi connectivity index (χ1v) is 6.07. The average molecular weight is 254 g/mol. The Kier molecular flexibility index (Phi) is 3.91. The number of nitrogens with zero attached hydrogens (tertiary/aromatic N) is 1. The highest BCUT2D eigenvalue weighted by molar-refractivity contribution is 5.94. The van der Waals surface area contributed by atoms with Crippen molar-refractivity contribution in [2.24, 2.45) is 11.7 Å². The number of nitrogens with two attached hydrogens (primary N) is 1. The maximum absolute atomic E-state index is 13.5. The summed E-state index contributed by atoms with van der Waals surface area (Å²) < 4.78 is 26.6. The summed E-state index contributed by atoms with van der Waals surface area (Å²) in [6.45, 7) is 1.74. The fourth-order valence-electron chi connectivity index (χ4n) is 2.33. The van der Waals surface area contributed by atoms with Crippen molar-refractivity contribution in [2.75, 3.05) is 19.6 Å². The average Bonchev–Trinajstić information content (AvgIpc) is 2.81. The molecule has 1 amide bonds. The van der Waals surface area contributed by atoms with Gasteiger partial charge in [0.25, 0.3) is 5.91 Å². The minimum Gasteiger partial charge on any atom is -0.338 e. The van der Waals surface area contributed by atoms with E-state index in [2.05, 4.69) is 0 Å². The molecule has 0 aromatic heterocycles. The van der Waals surface area contributed by atoms with Crippen LogP contribution in [0.1, 0.15) is 23.2 Å². The number of halogens is 2. The van der Waals surface area contributed by atoms with Gasteiger partial charge >= 0.3 is 0 Å². The second-order valence-corrected chi connectivity index (χ2v) is 4.58. The topological polar surface area (TPSA) is 46.3 Å². The summed E-state index contributed by atoms with van der Waals surface area (Å²) >= 11 is 0. The van der Waals surface area contributed by atoms with Crippen LogP contribution in [0.2, 0.25) is 0 Å². The molecule has 1 aromatic rings. The molecule has 1 aromatic carbocycles. The van der Waals surface area contributed by atoms with E-state index in [4.69, 9.17) is 5.73 Å². The van der Waals surface area contributed by atoms with Crippen LogP contribution >= 0.6 is 0 Å². The van der Waals surface area contributed by atoms with Gasteiger partial charge in [-0.05, 0) is 37.4 Å². The molecule has 1 atom stereocenters. The van der Waals surface area contributed by atoms with Gasteiger partial charge in [0.15, 0.2) is 11.6 Å². The zero-order valence-corrected chi connectivity index (χ0v) is 10.0. The van der Waals surface area contributed by atoms with Crippen LogP contribution in [0.25, 0.3) is 0 Å². The first-order valence-electron chi connectivity index (χ1n) is 6.07. The Morgan fingerprint density at radius 1 is 1.44 bits per heavy atom. The van der Waals surface area contributed by atoms with Crippen LogP contribution in [0.15, 0.2) is 18.2 Å². The van der Waals surface area contributed by atoms with Crippen LogP contribution in [0, 0.1) is 17.6 Å². The van der Waals surface area contributed by atoms with E-state index in [9.17, 15) is 13.6 Å². The molecule has 1 aliphatic rings. The molecule has 98 valence electrons. The molecule has 3 nitrogen and oxygen atoms in total. The lowest BCUT2D eigenvalue weighted by atomic mass is 10.1. The van der Waals surface area contributed by atoms with Crippen molar-refractivity contribution in [1.82, 2.24) is 4.90 Å². The summed E-state index contributed by atoms with van der Waals surface area (Å²) in [6.07, 6.45) is 1.73. The molecule has 0 aliphatic carbocycles. The third-order valence-electron chi connectivity index (χ3n) is 3.33. The second kappa shape index (κ2) is 5.44. The minimum atomic E-state index is -1.07. The number of likely N-dealkylation sites (tertiary alicyclic amines) is 1. The molecule has 1 unspecified atom stereocenters. The van der Waals surface area contributed by atoms with Crippen molar-refractivity contribution in [2.45, 2.75) is 12.8 Å². The third kappa shape index (κ3) is 2.51. The summed E-state index contributed by atoms with van der Waals surface area (Å²) in [5.74, 6) is -2.12. The molecule has 0 bridgehead atoms. The standard InChI is InChI=1S/C13H16F2N2O/c14-11-3-1-2-10(12(11)15)13(18)17-7-5-9(8-17)4-6-16/h1-3,9H,4-8,16H2. The number of amides is 1. The normalized spacial score (nSPS) is 19.3. The summed E-state index contributed by atoms with van der Waals surface area (Å²) in [5.41, 5.74) is 5.28. The van der Waals surface area contributed by atoms with Crippen molar-refractivity contribution in [3.05, 3.63) is 35.4 Å². The molecule has 1 fully saturated rings. The number of carbonyl (C=O) groups excluding carboxylic acids is 1. The molecular formula is C13H16F2N2O. The maximum Gasteiger partial charge on any atom is 0.256 e. The molecular weight excluding hydrogens is 238 g/mol. The highest BCUT2D eigenvalue weighted by Crippen LogP contribution is 2.22. The quantitative estimate of drug-likeness (QED) is 0.893. The number of hydrogen-bond donors (Lipinski definition) is 1. The Morgan fingerprint density at radius 2 is 2.22 bits per heavy atom. The molecule has 0 spiro atoms. The second-order valence-electron chi connectivity index (χ2n) is 4.58. The Hall–Kier alpha value is -1.49. The van der Waals surface area contributed by atoms with Gasteiger partial charge in [0.2, 0.25) is 0 Å². The van der Waals surface area contributed by atoms with Gasteiger partial charge < -0.3 is 10.6 Å². The molecule has 1 heterocycles. The molecule has 0 saturated carbocycles. The van der Waals surface area contributed by atoms with Gasteiger partial charge in [0.05, 0.1) is 5.56 Å². The summed E-state index contributed by atoms with van der Waals surface area (Å²) in [7, 11) is 0. The van der Waals surface area contributed by atoms with E-state index < -0.39 is 17.5 Å². The smallest absolute Gasteiger partial charge is 0.256 e. The van der Waals surface area contributed by atoms with Gasteiger partial charge in [0, 0.05) is 13.1 Å². The predicted molar refractivity (Wildman–Crippen MR) is 64.0 cm³/mol. The van der Waals surface area contributed by atoms with Crippen molar-refractivity contribution >= 4 is 5.91 Å². The monoisotopic (exact) mass is 254 g/mol. The zero-order chi connectivity index (χ0) is 13.1. The van der Waals surface area contributed by atoms with Crippen molar-refractivity contribution < 1.29 is 13.6 Å². The van der Waals surface area contributed by atoms with Gasteiger partial charge in [-0.1, -0.05) is 6.07 Å². The third-order valence-corrected chi connectivity index (χ3v) is 3.33. The van der Waals surface area contributed by atoms with E-state index in [1.54, 1.807) is 4.90 Å². The first-order chi connectivity index (χ1) is 8.63. The largest absolute Gasteiger partial charge is 0.338 e. The molecule has 5 heteroatoms. The van der Waals surface area contributed by atoms with Crippen molar-refractivity contribution in [3.63, 3.8) is 0 Å². The maximum atomic E-state index is 13.5. The number of hydrogen-bond acceptors (Lipinski definition) is 2. The van der Waals surface area contributed by atoms with Gasteiger partial charge in [-0.2, -0.15) is 0 Å². The van der Waals surface area contributed by atoms with Crippen LogP contribution in [0.4, 0.5) is 8.78 Å². The molecule has 18 heavy (non-hydrogen) atoms. The van der Waals surface area contributed by atoms with E-state index in [1.165, 1.54) is 12.1 Å². The number of benzene rings is 1. The van der Waals surface area contributed by atoms with Crippen LogP contribution in [-0.2, 0) is 0 Å². The van der Waals surface area contributed by atoms with Gasteiger partial charge in [-0.25, -0.2) is 8.78 Å². The fraction of sp³-hybridized carbons (Fsp3) is 0.462. The predicted octanol–water partition coefficient (Wildman–Crippen LogP) is 1.78. The Balaban J connectivity index is 2.11. The lowest BCUT2D eigenvalue weighted by Crippen LogP contribution is -2.29. The van der Waals surface area contributed by atoms with Gasteiger partial charge in [-0.3, -0.25) is 4.79 Å². The van der Waals surface area contributed by atoms with E-state index in [0.29, 0.717) is 25.6 Å². The Bertz CT molecular complexity index is 451. The molecule has 2 N–H and O–H groups in total. The Morgan fingerprint density at radius 3 is 2.94 bits per heavy atom. The molecule has 1 saturated heterocycles. The Labute approximate surface area is 105 Å². The minimum absolute atomic E-state index is 0.191. The lowest BCUT2D eigenvalue weighted by Gasteiger charge is -2.17. The van der Waals surface area contributed by atoms with Crippen molar-refractivity contribution in [1.29, 1.82) is 0 Å². The van der Waals surface area contributed by atoms with E-state index in [1.807, 2.05) is 0 Å². The van der Waals surface area contributed by atoms with E-state index >= 15 is 0 Å². The summed E-state index contributed by atoms with van der Waals surface area (Å²) in [5, 5.41) is 0. The number of rotatable bonds is 3. The van der Waals surface area contributed by atoms with Crippen LogP contribution in [0.3, 0.4) is 0 Å². The highest BCUT2D eigenvalue weighted by Gasteiger charge is 2.28. The number of carbonyl (C=O) groups is 1. The van der Waals surface area contributed by atoms with Crippen LogP contribution in [-0.4, -0.2) is 30.4 Å². The van der Waals surface area contributed by atoms with Crippen LogP contribution < -0.4 is 5.73 Å². The first kappa shape index (κ1) is 13.0. The SMILES string of the molecule is NCCC1CCN(C(=O)c2cccc(F)c2F)C1. The molecule has 1 aliphatic heterocycles. The fourth-order valence-corrected chi connectivity index (χ4v) is 2.33. The van der Waals surface area contributed by atoms with E-state index in [0.717, 1.165) is 18.9 Å². The van der Waals surface area contributed by atoms with Crippen molar-refractivity contribution in [3.8, 4) is 0 Å². The lowest BCUT2D eigenvalue weighted by molar-refractivity contribution is 0.0781. The zero-order valence-electron chi connectivity index (χ0n) is 10.0. The highest BCUT2D eigenvalue weighted by atomic mass is 19.2. The van der Waals surface area contributed by atoms with E-state index in [-0.39, 0.29) is 5.56 Å². The summed E-state index contributed by atoms with van der Waals surface area (Å²) in [6, 6.07) is 3.67.